The highest BCUT2D eigenvalue weighted by molar-refractivity contribution is 9.10. The second-order valence-electron chi connectivity index (χ2n) is 4.28. The molecule has 0 aliphatic heterocycles. The van der Waals surface area contributed by atoms with Gasteiger partial charge in [0.25, 0.3) is 0 Å². The fraction of sp³-hybridized carbons (Fsp3) is 0.200. The summed E-state index contributed by atoms with van der Waals surface area (Å²) in [6.45, 7) is 0. The molecule has 1 unspecified atom stereocenters. The zero-order valence-electron chi connectivity index (χ0n) is 11.1. The molecule has 2 aromatic rings. The first-order valence-corrected chi connectivity index (χ1v) is 8.42. The topological polar surface area (TPSA) is 12.0 Å². The fourth-order valence-electron chi connectivity index (χ4n) is 2.06. The van der Waals surface area contributed by atoms with E-state index < -0.39 is 0 Å². The standard InChI is InChI=1S/C15H14BrClFNS/c1-19-15(9-3-5-10(20-2)6-4-9)11-7-13(17)12(16)8-14(11)18/h3-8,15,19H,1-2H3. The lowest BCUT2D eigenvalue weighted by molar-refractivity contribution is 0.575. The molecule has 20 heavy (non-hydrogen) atoms. The molecule has 0 fully saturated rings. The monoisotopic (exact) mass is 373 g/mol. The maximum Gasteiger partial charge on any atom is 0.129 e. The first kappa shape index (κ1) is 15.8. The average molecular weight is 375 g/mol. The highest BCUT2D eigenvalue weighted by Gasteiger charge is 2.18. The third kappa shape index (κ3) is 3.37. The maximum atomic E-state index is 14.2. The van der Waals surface area contributed by atoms with Gasteiger partial charge in [0.2, 0.25) is 0 Å². The van der Waals surface area contributed by atoms with Gasteiger partial charge in [-0.05, 0) is 59.1 Å². The summed E-state index contributed by atoms with van der Waals surface area (Å²) in [5.41, 5.74) is 1.54. The van der Waals surface area contributed by atoms with Crippen LogP contribution in [0.5, 0.6) is 0 Å². The average Bonchev–Trinajstić information content (AvgIpc) is 2.46. The van der Waals surface area contributed by atoms with Gasteiger partial charge >= 0.3 is 0 Å². The van der Waals surface area contributed by atoms with Crippen LogP contribution in [0.1, 0.15) is 17.2 Å². The largest absolute Gasteiger partial charge is 0.309 e. The lowest BCUT2D eigenvalue weighted by Gasteiger charge is -2.19. The summed E-state index contributed by atoms with van der Waals surface area (Å²) in [6.07, 6.45) is 2.03. The van der Waals surface area contributed by atoms with Crippen molar-refractivity contribution >= 4 is 39.3 Å². The molecule has 0 aliphatic rings. The Bertz CT molecular complexity index is 604. The van der Waals surface area contributed by atoms with Crippen LogP contribution in [0.4, 0.5) is 4.39 Å². The molecule has 1 atom stereocenters. The van der Waals surface area contributed by atoms with Crippen molar-refractivity contribution in [3.8, 4) is 0 Å². The van der Waals surface area contributed by atoms with E-state index in [-0.39, 0.29) is 11.9 Å². The van der Waals surface area contributed by atoms with Crippen molar-refractivity contribution in [2.45, 2.75) is 10.9 Å². The third-order valence-corrected chi connectivity index (χ3v) is 5.03. The van der Waals surface area contributed by atoms with E-state index in [1.165, 1.54) is 11.0 Å². The van der Waals surface area contributed by atoms with Gasteiger partial charge in [-0.15, -0.1) is 11.8 Å². The molecule has 0 heterocycles. The zero-order chi connectivity index (χ0) is 14.7. The van der Waals surface area contributed by atoms with E-state index in [1.54, 1.807) is 17.8 Å². The van der Waals surface area contributed by atoms with E-state index in [9.17, 15) is 4.39 Å². The zero-order valence-corrected chi connectivity index (χ0v) is 14.2. The first-order chi connectivity index (χ1) is 9.56. The summed E-state index contributed by atoms with van der Waals surface area (Å²) in [7, 11) is 1.81. The molecule has 2 rings (SSSR count). The van der Waals surface area contributed by atoms with Gasteiger partial charge in [-0.2, -0.15) is 0 Å². The van der Waals surface area contributed by atoms with Gasteiger partial charge in [0, 0.05) is 14.9 Å². The summed E-state index contributed by atoms with van der Waals surface area (Å²) in [6, 6.07) is 10.9. The molecule has 0 radical (unpaired) electrons. The van der Waals surface area contributed by atoms with Gasteiger partial charge in [0.15, 0.2) is 0 Å². The lowest BCUT2D eigenvalue weighted by Crippen LogP contribution is -2.19. The Morgan fingerprint density at radius 1 is 1.25 bits per heavy atom. The molecule has 1 N–H and O–H groups in total. The van der Waals surface area contributed by atoms with Crippen molar-refractivity contribution in [3.05, 3.63) is 62.8 Å². The summed E-state index contributed by atoms with van der Waals surface area (Å²) in [5, 5.41) is 3.64. The molecule has 0 bridgehead atoms. The van der Waals surface area contributed by atoms with Crippen molar-refractivity contribution < 1.29 is 4.39 Å². The Labute approximate surface area is 136 Å². The number of hydrogen-bond acceptors (Lipinski definition) is 2. The van der Waals surface area contributed by atoms with E-state index in [4.69, 9.17) is 11.6 Å². The Morgan fingerprint density at radius 2 is 1.90 bits per heavy atom. The molecule has 2 aromatic carbocycles. The fourth-order valence-corrected chi connectivity index (χ4v) is 2.95. The number of rotatable bonds is 4. The van der Waals surface area contributed by atoms with Crippen LogP contribution in [0.15, 0.2) is 45.8 Å². The molecule has 106 valence electrons. The molecule has 0 amide bonds. The van der Waals surface area contributed by atoms with E-state index in [1.807, 2.05) is 37.6 Å². The van der Waals surface area contributed by atoms with Gasteiger partial charge in [-0.25, -0.2) is 4.39 Å². The van der Waals surface area contributed by atoms with E-state index in [0.29, 0.717) is 15.1 Å². The van der Waals surface area contributed by atoms with Crippen LogP contribution in [-0.4, -0.2) is 13.3 Å². The van der Waals surface area contributed by atoms with Crippen molar-refractivity contribution in [2.75, 3.05) is 13.3 Å². The predicted octanol–water partition coefficient (Wildman–Crippen LogP) is 5.27. The highest BCUT2D eigenvalue weighted by atomic mass is 79.9. The minimum Gasteiger partial charge on any atom is -0.309 e. The second kappa shape index (κ2) is 6.94. The number of halogens is 3. The van der Waals surface area contributed by atoms with Crippen LogP contribution in [0, 0.1) is 5.82 Å². The van der Waals surface area contributed by atoms with Gasteiger partial charge in [-0.1, -0.05) is 23.7 Å². The summed E-state index contributed by atoms with van der Waals surface area (Å²) in [5.74, 6) is -0.283. The normalized spacial score (nSPS) is 12.4. The van der Waals surface area contributed by atoms with Gasteiger partial charge in [-0.3, -0.25) is 0 Å². The lowest BCUT2D eigenvalue weighted by atomic mass is 9.98. The predicted molar refractivity (Wildman–Crippen MR) is 88.2 cm³/mol. The Hall–Kier alpha value is -0.550. The minimum absolute atomic E-state index is 0.225. The van der Waals surface area contributed by atoms with Crippen LogP contribution in [0.3, 0.4) is 0 Å². The number of nitrogens with one attached hydrogen (secondary N) is 1. The van der Waals surface area contributed by atoms with Gasteiger partial charge in [0.1, 0.15) is 5.82 Å². The summed E-state index contributed by atoms with van der Waals surface area (Å²) >= 11 is 11.0. The maximum absolute atomic E-state index is 14.2. The molecule has 0 spiro atoms. The molecule has 0 saturated heterocycles. The van der Waals surface area contributed by atoms with E-state index >= 15 is 0 Å². The minimum atomic E-state index is -0.283. The van der Waals surface area contributed by atoms with Crippen LogP contribution in [0.25, 0.3) is 0 Å². The number of benzene rings is 2. The van der Waals surface area contributed by atoms with Crippen molar-refractivity contribution in [2.24, 2.45) is 0 Å². The molecule has 1 nitrogen and oxygen atoms in total. The van der Waals surface area contributed by atoms with Crippen LogP contribution >= 0.6 is 39.3 Å². The van der Waals surface area contributed by atoms with Crippen LogP contribution in [0.2, 0.25) is 5.02 Å². The van der Waals surface area contributed by atoms with Crippen molar-refractivity contribution in [3.63, 3.8) is 0 Å². The van der Waals surface area contributed by atoms with Gasteiger partial charge in [0.05, 0.1) is 11.1 Å². The highest BCUT2D eigenvalue weighted by Crippen LogP contribution is 2.32. The Balaban J connectivity index is 2.43. The van der Waals surface area contributed by atoms with Crippen molar-refractivity contribution in [1.82, 2.24) is 5.32 Å². The van der Waals surface area contributed by atoms with Crippen molar-refractivity contribution in [1.29, 1.82) is 0 Å². The first-order valence-electron chi connectivity index (χ1n) is 6.02. The van der Waals surface area contributed by atoms with E-state index in [0.717, 1.165) is 5.56 Å². The van der Waals surface area contributed by atoms with E-state index in [2.05, 4.69) is 21.2 Å². The summed E-state index contributed by atoms with van der Waals surface area (Å²) < 4.78 is 14.7. The van der Waals surface area contributed by atoms with Crippen LogP contribution in [-0.2, 0) is 0 Å². The smallest absolute Gasteiger partial charge is 0.129 e. The molecule has 0 aromatic heterocycles. The molecule has 0 saturated carbocycles. The molecular weight excluding hydrogens is 361 g/mol. The second-order valence-corrected chi connectivity index (χ2v) is 6.42. The SMILES string of the molecule is CNC(c1ccc(SC)cc1)c1cc(Cl)c(Br)cc1F. The summed E-state index contributed by atoms with van der Waals surface area (Å²) in [4.78, 5) is 1.18. The number of hydrogen-bond donors (Lipinski definition) is 1. The Kier molecular flexibility index (Phi) is 5.49. The molecular formula is C15H14BrClFNS. The Morgan fingerprint density at radius 3 is 2.45 bits per heavy atom. The quantitative estimate of drug-likeness (QED) is 0.578. The molecule has 0 aliphatic carbocycles. The third-order valence-electron chi connectivity index (χ3n) is 3.09. The number of thioether (sulfide) groups is 1. The van der Waals surface area contributed by atoms with Gasteiger partial charge < -0.3 is 5.32 Å². The van der Waals surface area contributed by atoms with Crippen LogP contribution < -0.4 is 5.32 Å². The molecule has 5 heteroatoms.